The van der Waals surface area contributed by atoms with E-state index in [0.29, 0.717) is 24.1 Å². The van der Waals surface area contributed by atoms with E-state index in [2.05, 4.69) is 15.6 Å². The Kier molecular flexibility index (Phi) is 8.55. The second-order valence-corrected chi connectivity index (χ2v) is 7.13. The van der Waals surface area contributed by atoms with Gasteiger partial charge in [0.15, 0.2) is 5.96 Å². The molecule has 0 aromatic heterocycles. The van der Waals surface area contributed by atoms with Crippen LogP contribution in [-0.4, -0.2) is 55.6 Å². The number of carbonyl (C=O) groups is 1. The van der Waals surface area contributed by atoms with E-state index in [1.165, 1.54) is 0 Å². The van der Waals surface area contributed by atoms with Crippen LogP contribution in [0.5, 0.6) is 5.75 Å². The first-order valence-corrected chi connectivity index (χ1v) is 8.78. The van der Waals surface area contributed by atoms with E-state index in [1.54, 1.807) is 12.1 Å². The quantitative estimate of drug-likeness (QED) is 0.573. The van der Waals surface area contributed by atoms with Gasteiger partial charge in [-0.15, -0.1) is 0 Å². The molecule has 0 heterocycles. The lowest BCUT2D eigenvalue weighted by Crippen LogP contribution is -2.44. The van der Waals surface area contributed by atoms with Gasteiger partial charge in [0.2, 0.25) is 5.91 Å². The smallest absolute Gasteiger partial charge is 0.242 e. The fraction of sp³-hybridized carbons (Fsp3) is 0.556. The van der Waals surface area contributed by atoms with Crippen molar-refractivity contribution in [3.8, 4) is 5.75 Å². The normalized spacial score (nSPS) is 11.8. The fourth-order valence-corrected chi connectivity index (χ4v) is 2.14. The van der Waals surface area contributed by atoms with Gasteiger partial charge in [0.25, 0.3) is 0 Å². The summed E-state index contributed by atoms with van der Waals surface area (Å²) in [6.45, 7) is 9.76. The molecule has 1 amide bonds. The molecular weight excluding hydrogens is 340 g/mol. The van der Waals surface area contributed by atoms with Crippen molar-refractivity contribution >= 4 is 23.5 Å². The molecular formula is C18H29ClN4O2. The highest BCUT2D eigenvalue weighted by molar-refractivity contribution is 6.30. The molecule has 0 saturated heterocycles. The topological polar surface area (TPSA) is 66.0 Å². The van der Waals surface area contributed by atoms with Crippen molar-refractivity contribution < 1.29 is 9.53 Å². The number of carbonyl (C=O) groups excluding carboxylic acids is 1. The molecule has 0 aliphatic heterocycles. The summed E-state index contributed by atoms with van der Waals surface area (Å²) in [5, 5.41) is 6.76. The summed E-state index contributed by atoms with van der Waals surface area (Å²) in [5.74, 6) is 1.34. The Hall–Kier alpha value is -1.95. The Labute approximate surface area is 155 Å². The average molecular weight is 369 g/mol. The minimum atomic E-state index is -0.261. The number of ether oxygens (including phenoxy) is 1. The number of amides is 1. The standard InChI is InChI=1S/C18H29ClN4O2/c1-6-20-17(21-13-16(24)22-18(2,3)4)23(5)11-12-25-15-9-7-14(19)8-10-15/h7-10H,6,11-13H2,1-5H3,(H,20,21)(H,22,24). The fourth-order valence-electron chi connectivity index (χ4n) is 2.01. The SMILES string of the molecule is CCNC(=NCC(=O)NC(C)(C)C)N(C)CCOc1ccc(Cl)cc1. The Morgan fingerprint density at radius 1 is 1.28 bits per heavy atom. The number of guanidine groups is 1. The summed E-state index contributed by atoms with van der Waals surface area (Å²) in [6.07, 6.45) is 0. The largest absolute Gasteiger partial charge is 0.492 e. The third-order valence-electron chi connectivity index (χ3n) is 3.09. The molecule has 2 N–H and O–H groups in total. The van der Waals surface area contributed by atoms with Gasteiger partial charge >= 0.3 is 0 Å². The Balaban J connectivity index is 2.51. The number of rotatable bonds is 7. The van der Waals surface area contributed by atoms with Crippen LogP contribution < -0.4 is 15.4 Å². The number of aliphatic imine (C=N–C) groups is 1. The van der Waals surface area contributed by atoms with Gasteiger partial charge < -0.3 is 20.3 Å². The van der Waals surface area contributed by atoms with Crippen LogP contribution in [0.2, 0.25) is 5.02 Å². The molecule has 1 aromatic carbocycles. The lowest BCUT2D eigenvalue weighted by atomic mass is 10.1. The minimum absolute atomic E-state index is 0.0853. The zero-order valence-corrected chi connectivity index (χ0v) is 16.5. The van der Waals surface area contributed by atoms with E-state index < -0.39 is 0 Å². The maximum absolute atomic E-state index is 11.9. The predicted octanol–water partition coefficient (Wildman–Crippen LogP) is 2.53. The molecule has 0 unspecified atom stereocenters. The first-order chi connectivity index (χ1) is 11.7. The van der Waals surface area contributed by atoms with Crippen LogP contribution in [0.1, 0.15) is 27.7 Å². The van der Waals surface area contributed by atoms with Gasteiger partial charge in [-0.05, 0) is 52.0 Å². The second-order valence-electron chi connectivity index (χ2n) is 6.69. The lowest BCUT2D eigenvalue weighted by Gasteiger charge is -2.23. The van der Waals surface area contributed by atoms with Crippen molar-refractivity contribution in [1.29, 1.82) is 0 Å². The summed E-state index contributed by atoms with van der Waals surface area (Å²) in [5.41, 5.74) is -0.261. The van der Waals surface area contributed by atoms with Crippen LogP contribution >= 0.6 is 11.6 Å². The molecule has 140 valence electrons. The molecule has 0 fully saturated rings. The van der Waals surface area contributed by atoms with Crippen molar-refractivity contribution in [2.45, 2.75) is 33.2 Å². The number of likely N-dealkylation sites (N-methyl/N-ethyl adjacent to an activating group) is 1. The highest BCUT2D eigenvalue weighted by atomic mass is 35.5. The van der Waals surface area contributed by atoms with Crippen molar-refractivity contribution in [2.24, 2.45) is 4.99 Å². The van der Waals surface area contributed by atoms with E-state index in [4.69, 9.17) is 16.3 Å². The molecule has 0 bridgehead atoms. The average Bonchev–Trinajstić information content (AvgIpc) is 2.51. The Morgan fingerprint density at radius 2 is 1.92 bits per heavy atom. The van der Waals surface area contributed by atoms with Gasteiger partial charge in [-0.25, -0.2) is 4.99 Å². The van der Waals surface area contributed by atoms with Crippen LogP contribution in [0, 0.1) is 0 Å². The zero-order chi connectivity index (χ0) is 18.9. The van der Waals surface area contributed by atoms with Crippen molar-refractivity contribution in [1.82, 2.24) is 15.5 Å². The van der Waals surface area contributed by atoms with E-state index in [0.717, 1.165) is 12.3 Å². The molecule has 1 aromatic rings. The molecule has 0 aliphatic rings. The van der Waals surface area contributed by atoms with Crippen LogP contribution in [0.4, 0.5) is 0 Å². The van der Waals surface area contributed by atoms with E-state index in [-0.39, 0.29) is 18.0 Å². The second kappa shape index (κ2) is 10.1. The van der Waals surface area contributed by atoms with Crippen LogP contribution in [0.15, 0.2) is 29.3 Å². The molecule has 0 radical (unpaired) electrons. The first-order valence-electron chi connectivity index (χ1n) is 8.40. The van der Waals surface area contributed by atoms with Gasteiger partial charge in [0, 0.05) is 24.2 Å². The molecule has 25 heavy (non-hydrogen) atoms. The van der Waals surface area contributed by atoms with Gasteiger partial charge in [-0.2, -0.15) is 0 Å². The molecule has 0 atom stereocenters. The summed E-state index contributed by atoms with van der Waals surface area (Å²) in [4.78, 5) is 18.2. The van der Waals surface area contributed by atoms with Gasteiger partial charge in [-0.3, -0.25) is 4.79 Å². The maximum atomic E-state index is 11.9. The number of nitrogens with one attached hydrogen (secondary N) is 2. The lowest BCUT2D eigenvalue weighted by molar-refractivity contribution is -0.121. The summed E-state index contributed by atoms with van der Waals surface area (Å²) in [7, 11) is 1.91. The van der Waals surface area contributed by atoms with Crippen LogP contribution in [-0.2, 0) is 4.79 Å². The Bertz CT molecular complexity index is 567. The summed E-state index contributed by atoms with van der Waals surface area (Å²) >= 11 is 5.85. The third kappa shape index (κ3) is 9.19. The zero-order valence-electron chi connectivity index (χ0n) is 15.7. The van der Waals surface area contributed by atoms with Crippen molar-refractivity contribution in [2.75, 3.05) is 33.3 Å². The Morgan fingerprint density at radius 3 is 2.48 bits per heavy atom. The number of benzene rings is 1. The monoisotopic (exact) mass is 368 g/mol. The van der Waals surface area contributed by atoms with Gasteiger partial charge in [-0.1, -0.05) is 11.6 Å². The summed E-state index contributed by atoms with van der Waals surface area (Å²) < 4.78 is 5.69. The van der Waals surface area contributed by atoms with Crippen molar-refractivity contribution in [3.05, 3.63) is 29.3 Å². The minimum Gasteiger partial charge on any atom is -0.492 e. The highest BCUT2D eigenvalue weighted by Gasteiger charge is 2.14. The predicted molar refractivity (Wildman–Crippen MR) is 103 cm³/mol. The molecule has 0 aliphatic carbocycles. The number of halogens is 1. The van der Waals surface area contributed by atoms with E-state index >= 15 is 0 Å². The van der Waals surface area contributed by atoms with E-state index in [9.17, 15) is 4.79 Å². The molecule has 7 heteroatoms. The third-order valence-corrected chi connectivity index (χ3v) is 3.34. The maximum Gasteiger partial charge on any atom is 0.242 e. The molecule has 0 saturated carbocycles. The highest BCUT2D eigenvalue weighted by Crippen LogP contribution is 2.15. The number of nitrogens with zero attached hydrogens (tertiary/aromatic N) is 2. The van der Waals surface area contributed by atoms with E-state index in [1.807, 2.05) is 51.8 Å². The van der Waals surface area contributed by atoms with Crippen LogP contribution in [0.25, 0.3) is 0 Å². The number of hydrogen-bond donors (Lipinski definition) is 2. The first kappa shape index (κ1) is 21.1. The van der Waals surface area contributed by atoms with Crippen LogP contribution in [0.3, 0.4) is 0 Å². The molecule has 6 nitrogen and oxygen atoms in total. The van der Waals surface area contributed by atoms with Gasteiger partial charge in [0.1, 0.15) is 18.9 Å². The molecule has 0 spiro atoms. The molecule has 1 rings (SSSR count). The number of hydrogen-bond acceptors (Lipinski definition) is 3. The summed E-state index contributed by atoms with van der Waals surface area (Å²) in [6, 6.07) is 7.25. The van der Waals surface area contributed by atoms with Crippen molar-refractivity contribution in [3.63, 3.8) is 0 Å². The van der Waals surface area contributed by atoms with Gasteiger partial charge in [0.05, 0.1) is 6.54 Å².